The Kier molecular flexibility index (Phi) is 5.76. The molecule has 2 aliphatic rings. The Morgan fingerprint density at radius 2 is 1.82 bits per heavy atom. The molecular formula is C24H24N2O5S2. The molecule has 0 bridgehead atoms. The maximum Gasteiger partial charge on any atom is 0.262 e. The number of sulfonamides is 1. The summed E-state index contributed by atoms with van der Waals surface area (Å²) in [6.45, 7) is 3.72. The van der Waals surface area contributed by atoms with Crippen molar-refractivity contribution < 1.29 is 22.7 Å². The van der Waals surface area contributed by atoms with Crippen molar-refractivity contribution in [1.82, 2.24) is 4.90 Å². The van der Waals surface area contributed by atoms with Gasteiger partial charge in [-0.2, -0.15) is 0 Å². The third-order valence-corrected chi connectivity index (χ3v) is 8.33. The number of nitrogens with one attached hydrogen (secondary N) is 1. The Labute approximate surface area is 197 Å². The Hall–Kier alpha value is -3.04. The quantitative estimate of drug-likeness (QED) is 0.591. The van der Waals surface area contributed by atoms with Crippen molar-refractivity contribution in [3.05, 3.63) is 69.9 Å². The number of rotatable bonds is 4. The average molecular weight is 485 g/mol. The van der Waals surface area contributed by atoms with Crippen LogP contribution < -0.4 is 14.2 Å². The van der Waals surface area contributed by atoms with Crippen molar-refractivity contribution in [1.29, 1.82) is 0 Å². The fourth-order valence-corrected chi connectivity index (χ4v) is 6.19. The van der Waals surface area contributed by atoms with Crippen LogP contribution in [0.4, 0.5) is 5.69 Å². The zero-order chi connectivity index (χ0) is 23.0. The average Bonchev–Trinajstić information content (AvgIpc) is 3.17. The van der Waals surface area contributed by atoms with Gasteiger partial charge in [0.05, 0.1) is 24.2 Å². The van der Waals surface area contributed by atoms with Crippen LogP contribution in [-0.4, -0.2) is 39.0 Å². The van der Waals surface area contributed by atoms with Gasteiger partial charge >= 0.3 is 0 Å². The molecule has 33 heavy (non-hydrogen) atoms. The van der Waals surface area contributed by atoms with Gasteiger partial charge in [-0.1, -0.05) is 0 Å². The molecule has 2 aliphatic heterocycles. The molecule has 5 rings (SSSR count). The number of benzene rings is 2. The molecule has 0 fully saturated rings. The summed E-state index contributed by atoms with van der Waals surface area (Å²) in [6, 6.07) is 13.2. The van der Waals surface area contributed by atoms with E-state index in [2.05, 4.69) is 16.2 Å². The number of nitrogens with zero attached hydrogens (tertiary/aromatic N) is 1. The molecule has 1 aromatic heterocycles. The minimum Gasteiger partial charge on any atom is -0.490 e. The van der Waals surface area contributed by atoms with Gasteiger partial charge < -0.3 is 14.4 Å². The van der Waals surface area contributed by atoms with E-state index in [0.717, 1.165) is 12.8 Å². The number of amides is 1. The van der Waals surface area contributed by atoms with E-state index in [-0.39, 0.29) is 16.8 Å². The predicted molar refractivity (Wildman–Crippen MR) is 127 cm³/mol. The summed E-state index contributed by atoms with van der Waals surface area (Å²) in [6.07, 6.45) is 1.60. The Bertz CT molecular complexity index is 1280. The molecule has 1 N–H and O–H groups in total. The monoisotopic (exact) mass is 484 g/mol. The van der Waals surface area contributed by atoms with Crippen LogP contribution in [0.5, 0.6) is 11.5 Å². The SMILES string of the molecule is C[C@H]1c2ccsc2CCN1C(=O)c1ccc(NS(=O)(=O)c2ccc3c(c2)OCCCO3)cc1. The summed E-state index contributed by atoms with van der Waals surface area (Å²) in [5, 5.41) is 2.07. The highest BCUT2D eigenvalue weighted by atomic mass is 32.2. The van der Waals surface area contributed by atoms with Crippen molar-refractivity contribution in [2.45, 2.75) is 30.7 Å². The molecule has 3 heterocycles. The molecule has 172 valence electrons. The second-order valence-electron chi connectivity index (χ2n) is 8.07. The number of carbonyl (C=O) groups is 1. The van der Waals surface area contributed by atoms with Crippen LogP contribution in [0.1, 0.15) is 40.2 Å². The normalized spacial score (nSPS) is 17.7. The van der Waals surface area contributed by atoms with E-state index >= 15 is 0 Å². The van der Waals surface area contributed by atoms with Crippen LogP contribution in [0.3, 0.4) is 0 Å². The smallest absolute Gasteiger partial charge is 0.262 e. The molecule has 1 atom stereocenters. The summed E-state index contributed by atoms with van der Waals surface area (Å²) >= 11 is 1.73. The van der Waals surface area contributed by atoms with Gasteiger partial charge in [-0.25, -0.2) is 8.42 Å². The van der Waals surface area contributed by atoms with Gasteiger partial charge in [-0.05, 0) is 66.8 Å². The Morgan fingerprint density at radius 3 is 2.61 bits per heavy atom. The zero-order valence-corrected chi connectivity index (χ0v) is 19.7. The fourth-order valence-electron chi connectivity index (χ4n) is 4.16. The van der Waals surface area contributed by atoms with Crippen LogP contribution in [0.2, 0.25) is 0 Å². The maximum absolute atomic E-state index is 13.1. The number of thiophene rings is 1. The predicted octanol–water partition coefficient (Wildman–Crippen LogP) is 4.47. The summed E-state index contributed by atoms with van der Waals surface area (Å²) in [4.78, 5) is 16.4. The van der Waals surface area contributed by atoms with Crippen molar-refractivity contribution >= 4 is 33.0 Å². The van der Waals surface area contributed by atoms with Crippen molar-refractivity contribution in [3.63, 3.8) is 0 Å². The summed E-state index contributed by atoms with van der Waals surface area (Å²) in [5.41, 5.74) is 2.11. The van der Waals surface area contributed by atoms with E-state index in [1.54, 1.807) is 41.7 Å². The molecule has 0 saturated carbocycles. The van der Waals surface area contributed by atoms with Gasteiger partial charge in [0.1, 0.15) is 0 Å². The lowest BCUT2D eigenvalue weighted by Crippen LogP contribution is -2.38. The zero-order valence-electron chi connectivity index (χ0n) is 18.1. The standard InChI is InChI=1S/C24H24N2O5S2/c1-16-20-10-14-32-23(20)9-11-26(16)24(27)17-3-5-18(6-4-17)25-33(28,29)19-7-8-21-22(15-19)31-13-2-12-30-21/h3-8,10,14-16,25H,2,9,11-13H2,1H3/t16-/m0/s1. The second-order valence-corrected chi connectivity index (χ2v) is 10.7. The number of carbonyl (C=O) groups excluding carboxylic acids is 1. The van der Waals surface area contributed by atoms with Crippen molar-refractivity contribution in [2.75, 3.05) is 24.5 Å². The number of hydrogen-bond donors (Lipinski definition) is 1. The molecule has 0 spiro atoms. The lowest BCUT2D eigenvalue weighted by molar-refractivity contribution is 0.0679. The molecule has 9 heteroatoms. The first kappa shape index (κ1) is 21.8. The van der Waals surface area contributed by atoms with Crippen LogP contribution >= 0.6 is 11.3 Å². The van der Waals surface area contributed by atoms with Gasteiger partial charge in [-0.3, -0.25) is 9.52 Å². The minimum absolute atomic E-state index is 0.0186. The third kappa shape index (κ3) is 4.30. The Morgan fingerprint density at radius 1 is 1.06 bits per heavy atom. The second kappa shape index (κ2) is 8.72. The topological polar surface area (TPSA) is 84.9 Å². The molecule has 2 aromatic carbocycles. The van der Waals surface area contributed by atoms with Gasteiger partial charge in [0.15, 0.2) is 11.5 Å². The molecule has 1 amide bonds. The van der Waals surface area contributed by atoms with E-state index in [1.807, 2.05) is 11.8 Å². The molecule has 7 nitrogen and oxygen atoms in total. The highest BCUT2D eigenvalue weighted by Gasteiger charge is 2.29. The van der Waals surface area contributed by atoms with Gasteiger partial charge in [0.25, 0.3) is 15.9 Å². The van der Waals surface area contributed by atoms with E-state index in [1.165, 1.54) is 22.6 Å². The summed E-state index contributed by atoms with van der Waals surface area (Å²) in [7, 11) is -3.83. The Balaban J connectivity index is 1.31. The number of fused-ring (bicyclic) bond motifs is 2. The van der Waals surface area contributed by atoms with Crippen LogP contribution in [0, 0.1) is 0 Å². The van der Waals surface area contributed by atoms with Gasteiger partial charge in [-0.15, -0.1) is 11.3 Å². The molecule has 3 aromatic rings. The first-order valence-corrected chi connectivity index (χ1v) is 13.2. The number of hydrogen-bond acceptors (Lipinski definition) is 6. The number of ether oxygens (including phenoxy) is 2. The van der Waals surface area contributed by atoms with Crippen molar-refractivity contribution in [2.24, 2.45) is 0 Å². The molecule has 0 aliphatic carbocycles. The molecule has 0 unspecified atom stereocenters. The highest BCUT2D eigenvalue weighted by Crippen LogP contribution is 2.34. The van der Waals surface area contributed by atoms with Crippen LogP contribution in [-0.2, 0) is 16.4 Å². The number of anilines is 1. The maximum atomic E-state index is 13.1. The van der Waals surface area contributed by atoms with E-state index < -0.39 is 10.0 Å². The van der Waals surface area contributed by atoms with Crippen LogP contribution in [0.15, 0.2) is 58.8 Å². The lowest BCUT2D eigenvalue weighted by Gasteiger charge is -2.33. The van der Waals surface area contributed by atoms with Crippen LogP contribution in [0.25, 0.3) is 0 Å². The largest absolute Gasteiger partial charge is 0.490 e. The minimum atomic E-state index is -3.83. The van der Waals surface area contributed by atoms with E-state index in [9.17, 15) is 13.2 Å². The van der Waals surface area contributed by atoms with Gasteiger partial charge in [0.2, 0.25) is 0 Å². The van der Waals surface area contributed by atoms with Gasteiger partial charge in [0, 0.05) is 35.2 Å². The lowest BCUT2D eigenvalue weighted by atomic mass is 10.0. The third-order valence-electron chi connectivity index (χ3n) is 5.95. The summed E-state index contributed by atoms with van der Waals surface area (Å²) in [5.74, 6) is 0.897. The highest BCUT2D eigenvalue weighted by molar-refractivity contribution is 7.92. The summed E-state index contributed by atoms with van der Waals surface area (Å²) < 4.78 is 39.5. The first-order valence-electron chi connectivity index (χ1n) is 10.8. The fraction of sp³-hybridized carbons (Fsp3) is 0.292. The van der Waals surface area contributed by atoms with Crippen molar-refractivity contribution in [3.8, 4) is 11.5 Å². The molecule has 0 saturated heterocycles. The van der Waals surface area contributed by atoms with E-state index in [4.69, 9.17) is 9.47 Å². The first-order chi connectivity index (χ1) is 15.9. The molecule has 0 radical (unpaired) electrons. The molecular weight excluding hydrogens is 460 g/mol. The van der Waals surface area contributed by atoms with E-state index in [0.29, 0.717) is 42.5 Å².